The number of aryl methyl sites for hydroxylation is 2. The SMILES string of the molecule is CCCCOC(CC)c1cc(C)cc(C)c1. The first kappa shape index (κ1) is 13.2. The first-order valence-corrected chi connectivity index (χ1v) is 6.37. The van der Waals surface area contributed by atoms with Crippen molar-refractivity contribution in [1.29, 1.82) is 0 Å². The van der Waals surface area contributed by atoms with E-state index in [2.05, 4.69) is 45.9 Å². The van der Waals surface area contributed by atoms with E-state index in [9.17, 15) is 0 Å². The molecular formula is C15H24O. The van der Waals surface area contributed by atoms with Crippen LogP contribution in [0.15, 0.2) is 18.2 Å². The lowest BCUT2D eigenvalue weighted by Crippen LogP contribution is -2.05. The fraction of sp³-hybridized carbons (Fsp3) is 0.600. The fourth-order valence-electron chi connectivity index (χ4n) is 2.02. The van der Waals surface area contributed by atoms with E-state index in [1.54, 1.807) is 0 Å². The second-order valence-electron chi connectivity index (χ2n) is 4.54. The first-order valence-electron chi connectivity index (χ1n) is 6.37. The third-order valence-corrected chi connectivity index (χ3v) is 2.80. The Morgan fingerprint density at radius 3 is 2.19 bits per heavy atom. The highest BCUT2D eigenvalue weighted by Gasteiger charge is 2.10. The summed E-state index contributed by atoms with van der Waals surface area (Å²) in [5.41, 5.74) is 3.98. The molecule has 1 nitrogen and oxygen atoms in total. The number of unbranched alkanes of at least 4 members (excludes halogenated alkanes) is 1. The highest BCUT2D eigenvalue weighted by atomic mass is 16.5. The van der Waals surface area contributed by atoms with Gasteiger partial charge >= 0.3 is 0 Å². The van der Waals surface area contributed by atoms with Gasteiger partial charge in [-0.05, 0) is 32.3 Å². The van der Waals surface area contributed by atoms with Crippen molar-refractivity contribution in [3.63, 3.8) is 0 Å². The summed E-state index contributed by atoms with van der Waals surface area (Å²) in [5, 5.41) is 0. The van der Waals surface area contributed by atoms with E-state index >= 15 is 0 Å². The van der Waals surface area contributed by atoms with Crippen LogP contribution in [0.25, 0.3) is 0 Å². The molecule has 0 bridgehead atoms. The Morgan fingerprint density at radius 2 is 1.69 bits per heavy atom. The summed E-state index contributed by atoms with van der Waals surface area (Å²) >= 11 is 0. The molecule has 1 rings (SSSR count). The van der Waals surface area contributed by atoms with E-state index in [-0.39, 0.29) is 6.10 Å². The minimum absolute atomic E-state index is 0.269. The summed E-state index contributed by atoms with van der Waals surface area (Å²) in [6.45, 7) is 9.56. The monoisotopic (exact) mass is 220 g/mol. The Labute approximate surface area is 99.8 Å². The number of hydrogen-bond acceptors (Lipinski definition) is 1. The standard InChI is InChI=1S/C15H24O/c1-5-7-8-16-15(6-2)14-10-12(3)9-13(4)11-14/h9-11,15H,5-8H2,1-4H3. The summed E-state index contributed by atoms with van der Waals surface area (Å²) in [6, 6.07) is 6.70. The summed E-state index contributed by atoms with van der Waals surface area (Å²) in [4.78, 5) is 0. The first-order chi connectivity index (χ1) is 7.67. The van der Waals surface area contributed by atoms with Crippen LogP contribution < -0.4 is 0 Å². The number of hydrogen-bond donors (Lipinski definition) is 0. The van der Waals surface area contributed by atoms with Crippen molar-refractivity contribution in [2.75, 3.05) is 6.61 Å². The predicted molar refractivity (Wildman–Crippen MR) is 69.8 cm³/mol. The maximum atomic E-state index is 5.93. The molecule has 1 aromatic rings. The van der Waals surface area contributed by atoms with E-state index < -0.39 is 0 Å². The van der Waals surface area contributed by atoms with Gasteiger partial charge in [-0.2, -0.15) is 0 Å². The summed E-state index contributed by atoms with van der Waals surface area (Å²) < 4.78 is 5.93. The van der Waals surface area contributed by atoms with Crippen molar-refractivity contribution >= 4 is 0 Å². The summed E-state index contributed by atoms with van der Waals surface area (Å²) in [6.07, 6.45) is 3.67. The maximum Gasteiger partial charge on any atom is 0.0822 e. The minimum atomic E-state index is 0.269. The van der Waals surface area contributed by atoms with Gasteiger partial charge in [-0.25, -0.2) is 0 Å². The van der Waals surface area contributed by atoms with Crippen LogP contribution in [0, 0.1) is 13.8 Å². The van der Waals surface area contributed by atoms with Gasteiger partial charge < -0.3 is 4.74 Å². The molecule has 0 saturated carbocycles. The van der Waals surface area contributed by atoms with Gasteiger partial charge in [0.15, 0.2) is 0 Å². The van der Waals surface area contributed by atoms with Gasteiger partial charge in [-0.15, -0.1) is 0 Å². The molecule has 1 atom stereocenters. The lowest BCUT2D eigenvalue weighted by Gasteiger charge is -2.17. The van der Waals surface area contributed by atoms with Gasteiger partial charge in [0, 0.05) is 6.61 Å². The van der Waals surface area contributed by atoms with Crippen LogP contribution in [0.5, 0.6) is 0 Å². The Hall–Kier alpha value is -0.820. The lowest BCUT2D eigenvalue weighted by molar-refractivity contribution is 0.0480. The van der Waals surface area contributed by atoms with Crippen LogP contribution in [0.2, 0.25) is 0 Å². The molecule has 0 aromatic heterocycles. The van der Waals surface area contributed by atoms with Crippen molar-refractivity contribution in [1.82, 2.24) is 0 Å². The van der Waals surface area contributed by atoms with Gasteiger partial charge in [0.2, 0.25) is 0 Å². The molecular weight excluding hydrogens is 196 g/mol. The molecule has 1 aromatic carbocycles. The molecule has 0 aliphatic carbocycles. The fourth-order valence-corrected chi connectivity index (χ4v) is 2.02. The quantitative estimate of drug-likeness (QED) is 0.638. The number of benzene rings is 1. The van der Waals surface area contributed by atoms with Crippen LogP contribution >= 0.6 is 0 Å². The molecule has 90 valence electrons. The molecule has 16 heavy (non-hydrogen) atoms. The van der Waals surface area contributed by atoms with Crippen molar-refractivity contribution in [3.05, 3.63) is 34.9 Å². The van der Waals surface area contributed by atoms with Crippen LogP contribution in [0.3, 0.4) is 0 Å². The van der Waals surface area contributed by atoms with Crippen LogP contribution in [-0.2, 0) is 4.74 Å². The van der Waals surface area contributed by atoms with Gasteiger partial charge in [0.05, 0.1) is 6.10 Å². The molecule has 0 radical (unpaired) electrons. The molecule has 0 fully saturated rings. The minimum Gasteiger partial charge on any atom is -0.374 e. The largest absolute Gasteiger partial charge is 0.374 e. The molecule has 0 saturated heterocycles. The van der Waals surface area contributed by atoms with Crippen LogP contribution in [0.1, 0.15) is 55.9 Å². The van der Waals surface area contributed by atoms with E-state index in [1.165, 1.54) is 23.1 Å². The Morgan fingerprint density at radius 1 is 1.06 bits per heavy atom. The zero-order valence-corrected chi connectivity index (χ0v) is 11.0. The average molecular weight is 220 g/mol. The van der Waals surface area contributed by atoms with E-state index in [0.29, 0.717) is 0 Å². The van der Waals surface area contributed by atoms with E-state index in [4.69, 9.17) is 4.74 Å². The smallest absolute Gasteiger partial charge is 0.0822 e. The lowest BCUT2D eigenvalue weighted by atomic mass is 10.0. The van der Waals surface area contributed by atoms with Crippen LogP contribution in [0.4, 0.5) is 0 Å². The highest BCUT2D eigenvalue weighted by molar-refractivity contribution is 5.30. The molecule has 0 heterocycles. The molecule has 0 spiro atoms. The van der Waals surface area contributed by atoms with E-state index in [0.717, 1.165) is 19.4 Å². The Kier molecular flexibility index (Phi) is 5.54. The highest BCUT2D eigenvalue weighted by Crippen LogP contribution is 2.23. The molecule has 0 aliphatic heterocycles. The summed E-state index contributed by atoms with van der Waals surface area (Å²) in [5.74, 6) is 0. The number of rotatable bonds is 6. The zero-order valence-electron chi connectivity index (χ0n) is 11.0. The van der Waals surface area contributed by atoms with Gasteiger partial charge in [-0.1, -0.05) is 49.6 Å². The van der Waals surface area contributed by atoms with Crippen LogP contribution in [-0.4, -0.2) is 6.61 Å². The van der Waals surface area contributed by atoms with Crippen molar-refractivity contribution in [3.8, 4) is 0 Å². The molecule has 0 N–H and O–H groups in total. The maximum absolute atomic E-state index is 5.93. The third-order valence-electron chi connectivity index (χ3n) is 2.80. The van der Waals surface area contributed by atoms with Crippen molar-refractivity contribution in [2.24, 2.45) is 0 Å². The van der Waals surface area contributed by atoms with Gasteiger partial charge in [0.1, 0.15) is 0 Å². The third kappa shape index (κ3) is 3.97. The molecule has 1 heteroatoms. The average Bonchev–Trinajstić information content (AvgIpc) is 2.23. The predicted octanol–water partition coefficient (Wildman–Crippen LogP) is 4.57. The second kappa shape index (κ2) is 6.70. The Balaban J connectivity index is 2.70. The van der Waals surface area contributed by atoms with E-state index in [1.807, 2.05) is 0 Å². The molecule has 0 aliphatic rings. The van der Waals surface area contributed by atoms with Crippen molar-refractivity contribution in [2.45, 2.75) is 53.1 Å². The summed E-state index contributed by atoms with van der Waals surface area (Å²) in [7, 11) is 0. The van der Waals surface area contributed by atoms with Gasteiger partial charge in [0.25, 0.3) is 0 Å². The van der Waals surface area contributed by atoms with Gasteiger partial charge in [-0.3, -0.25) is 0 Å². The zero-order chi connectivity index (χ0) is 12.0. The Bertz CT molecular complexity index is 297. The number of ether oxygens (including phenoxy) is 1. The normalized spacial score (nSPS) is 12.8. The van der Waals surface area contributed by atoms with Crippen molar-refractivity contribution < 1.29 is 4.74 Å². The molecule has 1 unspecified atom stereocenters. The molecule has 0 amide bonds. The second-order valence-corrected chi connectivity index (χ2v) is 4.54. The topological polar surface area (TPSA) is 9.23 Å².